The molecule has 2 aromatic carbocycles. The fourth-order valence-electron chi connectivity index (χ4n) is 2.01. The Labute approximate surface area is 154 Å². The molecule has 0 spiro atoms. The van der Waals surface area contributed by atoms with E-state index in [9.17, 15) is 20.0 Å². The molecule has 2 N–H and O–H groups in total. The standard InChI is InChI=1S/C16H10BrN3O4S/c17-12-8-10(20(23)24)3-6-13(12)18-16-19-15(22)14(25-16)7-9-1-4-11(21)5-2-9/h1-8,21H,(H,18,19,22)/b14-7+. The van der Waals surface area contributed by atoms with Crippen LogP contribution in [0.15, 0.2) is 56.8 Å². The predicted octanol–water partition coefficient (Wildman–Crippen LogP) is 3.95. The number of hydrogen-bond donors (Lipinski definition) is 2. The molecule has 3 rings (SSSR count). The summed E-state index contributed by atoms with van der Waals surface area (Å²) < 4.78 is 0.458. The highest BCUT2D eigenvalue weighted by atomic mass is 79.9. The first-order valence-corrected chi connectivity index (χ1v) is 8.56. The number of aromatic hydroxyl groups is 1. The van der Waals surface area contributed by atoms with Crippen molar-refractivity contribution in [2.45, 2.75) is 0 Å². The minimum Gasteiger partial charge on any atom is -0.508 e. The van der Waals surface area contributed by atoms with E-state index in [1.54, 1.807) is 18.2 Å². The van der Waals surface area contributed by atoms with E-state index in [0.717, 1.165) is 5.56 Å². The van der Waals surface area contributed by atoms with Crippen molar-refractivity contribution in [1.29, 1.82) is 0 Å². The maximum Gasteiger partial charge on any atom is 0.270 e. The van der Waals surface area contributed by atoms with Crippen molar-refractivity contribution >= 4 is 56.2 Å². The van der Waals surface area contributed by atoms with Gasteiger partial charge in [0.15, 0.2) is 5.17 Å². The third-order valence-corrected chi connectivity index (χ3v) is 4.75. The molecular weight excluding hydrogens is 410 g/mol. The lowest BCUT2D eigenvalue weighted by molar-refractivity contribution is -0.384. The van der Waals surface area contributed by atoms with Crippen molar-refractivity contribution in [2.24, 2.45) is 4.99 Å². The zero-order valence-corrected chi connectivity index (χ0v) is 14.9. The van der Waals surface area contributed by atoms with E-state index in [-0.39, 0.29) is 17.3 Å². The molecule has 0 saturated carbocycles. The second-order valence-electron chi connectivity index (χ2n) is 4.97. The number of benzene rings is 2. The fraction of sp³-hybridized carbons (Fsp3) is 0. The van der Waals surface area contributed by atoms with Crippen LogP contribution < -0.4 is 5.32 Å². The highest BCUT2D eigenvalue weighted by Gasteiger charge is 2.24. The maximum atomic E-state index is 12.0. The quantitative estimate of drug-likeness (QED) is 0.445. The molecule has 1 fully saturated rings. The van der Waals surface area contributed by atoms with Crippen molar-refractivity contribution in [3.63, 3.8) is 0 Å². The average Bonchev–Trinajstić information content (AvgIpc) is 2.91. The molecule has 7 nitrogen and oxygen atoms in total. The molecule has 0 aromatic heterocycles. The van der Waals surface area contributed by atoms with E-state index >= 15 is 0 Å². The van der Waals surface area contributed by atoms with Crippen LogP contribution in [0, 0.1) is 10.1 Å². The highest BCUT2D eigenvalue weighted by molar-refractivity contribution is 9.10. The van der Waals surface area contributed by atoms with Crippen LogP contribution in [0.1, 0.15) is 5.56 Å². The summed E-state index contributed by atoms with van der Waals surface area (Å²) >= 11 is 4.41. The Balaban J connectivity index is 1.83. The number of thioether (sulfide) groups is 1. The molecule has 0 unspecified atom stereocenters. The van der Waals surface area contributed by atoms with Crippen LogP contribution in [-0.2, 0) is 4.79 Å². The third kappa shape index (κ3) is 4.06. The minimum absolute atomic E-state index is 0.0492. The lowest BCUT2D eigenvalue weighted by Gasteiger charge is -2.00. The van der Waals surface area contributed by atoms with Gasteiger partial charge in [0.25, 0.3) is 11.6 Å². The predicted molar refractivity (Wildman–Crippen MR) is 99.7 cm³/mol. The van der Waals surface area contributed by atoms with Gasteiger partial charge in [-0.25, -0.2) is 4.99 Å². The van der Waals surface area contributed by atoms with Crippen molar-refractivity contribution in [3.05, 3.63) is 67.5 Å². The Morgan fingerprint density at radius 3 is 2.60 bits per heavy atom. The number of amides is 1. The van der Waals surface area contributed by atoms with Gasteiger partial charge in [-0.05, 0) is 57.5 Å². The van der Waals surface area contributed by atoms with E-state index in [1.165, 1.54) is 42.1 Å². The number of nitro groups is 1. The Hall–Kier alpha value is -2.65. The topological polar surface area (TPSA) is 105 Å². The number of rotatable bonds is 3. The van der Waals surface area contributed by atoms with E-state index in [0.29, 0.717) is 20.2 Å². The number of aliphatic imine (C=N–C) groups is 1. The van der Waals surface area contributed by atoms with Gasteiger partial charge in [-0.15, -0.1) is 0 Å². The first-order valence-electron chi connectivity index (χ1n) is 6.95. The molecule has 1 amide bonds. The molecule has 1 heterocycles. The number of carbonyl (C=O) groups excluding carboxylic acids is 1. The Kier molecular flexibility index (Phi) is 4.86. The molecule has 1 aliphatic rings. The fourth-order valence-corrected chi connectivity index (χ4v) is 3.30. The van der Waals surface area contributed by atoms with Crippen molar-refractivity contribution in [1.82, 2.24) is 5.32 Å². The van der Waals surface area contributed by atoms with Gasteiger partial charge in [-0.1, -0.05) is 12.1 Å². The molecule has 2 aromatic rings. The Morgan fingerprint density at radius 1 is 1.24 bits per heavy atom. The number of phenols is 1. The van der Waals surface area contributed by atoms with Crippen LogP contribution in [0.25, 0.3) is 6.08 Å². The summed E-state index contributed by atoms with van der Waals surface area (Å²) in [5.41, 5.74) is 1.19. The number of phenolic OH excluding ortho intramolecular Hbond substituents is 1. The van der Waals surface area contributed by atoms with Gasteiger partial charge in [-0.2, -0.15) is 0 Å². The number of hydrogen-bond acceptors (Lipinski definition) is 6. The van der Waals surface area contributed by atoms with Gasteiger partial charge in [-0.3, -0.25) is 14.9 Å². The first kappa shape index (κ1) is 17.2. The number of amidine groups is 1. The molecule has 0 bridgehead atoms. The van der Waals surface area contributed by atoms with Gasteiger partial charge in [0.1, 0.15) is 5.75 Å². The normalized spacial score (nSPS) is 17.1. The van der Waals surface area contributed by atoms with Gasteiger partial charge in [0.05, 0.1) is 20.0 Å². The van der Waals surface area contributed by atoms with Gasteiger partial charge < -0.3 is 10.4 Å². The van der Waals surface area contributed by atoms with Crippen LogP contribution >= 0.6 is 27.7 Å². The van der Waals surface area contributed by atoms with Gasteiger partial charge >= 0.3 is 0 Å². The molecular formula is C16H10BrN3O4S. The first-order chi connectivity index (χ1) is 11.9. The number of carbonyl (C=O) groups is 1. The zero-order chi connectivity index (χ0) is 18.0. The highest BCUT2D eigenvalue weighted by Crippen LogP contribution is 2.33. The lowest BCUT2D eigenvalue weighted by atomic mass is 10.2. The van der Waals surface area contributed by atoms with Crippen LogP contribution in [0.5, 0.6) is 5.75 Å². The molecule has 1 saturated heterocycles. The summed E-state index contributed by atoms with van der Waals surface area (Å²) in [5, 5.41) is 23.1. The summed E-state index contributed by atoms with van der Waals surface area (Å²) in [7, 11) is 0. The summed E-state index contributed by atoms with van der Waals surface area (Å²) in [5.74, 6) is -0.134. The third-order valence-electron chi connectivity index (χ3n) is 3.21. The van der Waals surface area contributed by atoms with Crippen molar-refractivity contribution in [2.75, 3.05) is 0 Å². The molecule has 9 heteroatoms. The van der Waals surface area contributed by atoms with E-state index < -0.39 is 4.92 Å². The smallest absolute Gasteiger partial charge is 0.270 e. The van der Waals surface area contributed by atoms with Gasteiger partial charge in [0.2, 0.25) is 0 Å². The van der Waals surface area contributed by atoms with E-state index in [1.807, 2.05) is 0 Å². The second kappa shape index (κ2) is 7.08. The Morgan fingerprint density at radius 2 is 1.96 bits per heavy atom. The minimum atomic E-state index is -0.494. The summed E-state index contributed by atoms with van der Waals surface area (Å²) in [6, 6.07) is 10.7. The Bertz CT molecular complexity index is 925. The van der Waals surface area contributed by atoms with Crippen LogP contribution in [-0.4, -0.2) is 21.1 Å². The second-order valence-corrected chi connectivity index (χ2v) is 6.85. The SMILES string of the molecule is O=C1NC(=Nc2ccc([N+](=O)[O-])cc2Br)S/C1=C/c1ccc(O)cc1. The van der Waals surface area contributed by atoms with Crippen LogP contribution in [0.3, 0.4) is 0 Å². The summed E-state index contributed by atoms with van der Waals surface area (Å²) in [6.45, 7) is 0. The van der Waals surface area contributed by atoms with E-state index in [4.69, 9.17) is 0 Å². The largest absolute Gasteiger partial charge is 0.508 e. The van der Waals surface area contributed by atoms with Crippen molar-refractivity contribution in [3.8, 4) is 5.75 Å². The number of nitrogens with one attached hydrogen (secondary N) is 1. The van der Waals surface area contributed by atoms with Crippen LogP contribution in [0.4, 0.5) is 11.4 Å². The molecule has 0 radical (unpaired) electrons. The molecule has 1 aliphatic heterocycles. The lowest BCUT2D eigenvalue weighted by Crippen LogP contribution is -2.19. The zero-order valence-electron chi connectivity index (χ0n) is 12.5. The summed E-state index contributed by atoms with van der Waals surface area (Å²) in [6.07, 6.45) is 1.69. The molecule has 0 atom stereocenters. The molecule has 0 aliphatic carbocycles. The van der Waals surface area contributed by atoms with E-state index in [2.05, 4.69) is 26.2 Å². The number of nitrogens with zero attached hydrogens (tertiary/aromatic N) is 2. The number of nitro benzene ring substituents is 1. The monoisotopic (exact) mass is 419 g/mol. The van der Waals surface area contributed by atoms with Crippen LogP contribution in [0.2, 0.25) is 0 Å². The summed E-state index contributed by atoms with van der Waals surface area (Å²) in [4.78, 5) is 27.1. The molecule has 25 heavy (non-hydrogen) atoms. The molecule has 126 valence electrons. The van der Waals surface area contributed by atoms with Gasteiger partial charge in [0, 0.05) is 12.1 Å². The average molecular weight is 420 g/mol. The number of non-ortho nitro benzene ring substituents is 1. The maximum absolute atomic E-state index is 12.0. The van der Waals surface area contributed by atoms with Crippen molar-refractivity contribution < 1.29 is 14.8 Å². The number of halogens is 1.